The Labute approximate surface area is 148 Å². The van der Waals surface area contributed by atoms with E-state index in [1.54, 1.807) is 32.0 Å². The highest BCUT2D eigenvalue weighted by atomic mass is 32.2. The summed E-state index contributed by atoms with van der Waals surface area (Å²) < 4.78 is 37.2. The lowest BCUT2D eigenvalue weighted by atomic mass is 9.86. The van der Waals surface area contributed by atoms with E-state index < -0.39 is 15.3 Å². The fourth-order valence-electron chi connectivity index (χ4n) is 3.06. The van der Waals surface area contributed by atoms with Crippen molar-refractivity contribution in [2.24, 2.45) is 5.92 Å². The summed E-state index contributed by atoms with van der Waals surface area (Å²) in [6.07, 6.45) is 2.68. The molecule has 0 atom stereocenters. The van der Waals surface area contributed by atoms with E-state index in [2.05, 4.69) is 10.0 Å². The standard InChI is InChI=1S/C17H24N2O5S/c1-11(2)25(21,22)19-13-5-3-12(4-6-13)17(20)18-14-7-8-15-16(9-14)24-10-23-15/h7-9,11-13,19H,3-6,10H2,1-2H3,(H,18,20)/t12-,13-. The van der Waals surface area contributed by atoms with Crippen molar-refractivity contribution >= 4 is 21.6 Å². The van der Waals surface area contributed by atoms with Gasteiger partial charge in [-0.05, 0) is 51.7 Å². The Kier molecular flexibility index (Phi) is 5.19. The fraction of sp³-hybridized carbons (Fsp3) is 0.588. The van der Waals surface area contributed by atoms with Gasteiger partial charge in [-0.25, -0.2) is 13.1 Å². The highest BCUT2D eigenvalue weighted by Gasteiger charge is 2.29. The van der Waals surface area contributed by atoms with Gasteiger partial charge in [-0.3, -0.25) is 4.79 Å². The maximum atomic E-state index is 12.4. The van der Waals surface area contributed by atoms with Gasteiger partial charge in [0.25, 0.3) is 0 Å². The van der Waals surface area contributed by atoms with Gasteiger partial charge >= 0.3 is 0 Å². The molecule has 0 radical (unpaired) electrons. The third-order valence-corrected chi connectivity index (χ3v) is 6.59. The maximum Gasteiger partial charge on any atom is 0.231 e. The van der Waals surface area contributed by atoms with Crippen molar-refractivity contribution < 1.29 is 22.7 Å². The first kappa shape index (κ1) is 18.0. The first-order valence-electron chi connectivity index (χ1n) is 8.57. The summed E-state index contributed by atoms with van der Waals surface area (Å²) in [5.41, 5.74) is 0.678. The molecule has 0 bridgehead atoms. The molecule has 1 aliphatic heterocycles. The van der Waals surface area contributed by atoms with Crippen molar-refractivity contribution in [2.75, 3.05) is 12.1 Å². The van der Waals surface area contributed by atoms with Crippen LogP contribution >= 0.6 is 0 Å². The Morgan fingerprint density at radius 1 is 1.12 bits per heavy atom. The van der Waals surface area contributed by atoms with Crippen LogP contribution < -0.4 is 19.5 Å². The second-order valence-corrected chi connectivity index (χ2v) is 9.09. The van der Waals surface area contributed by atoms with Crippen molar-refractivity contribution in [3.63, 3.8) is 0 Å². The molecule has 2 aliphatic rings. The quantitative estimate of drug-likeness (QED) is 0.831. The van der Waals surface area contributed by atoms with Crippen LogP contribution in [0.15, 0.2) is 18.2 Å². The summed E-state index contributed by atoms with van der Waals surface area (Å²) in [6, 6.07) is 5.23. The van der Waals surface area contributed by atoms with E-state index >= 15 is 0 Å². The van der Waals surface area contributed by atoms with Crippen LogP contribution in [0.25, 0.3) is 0 Å². The summed E-state index contributed by atoms with van der Waals surface area (Å²) in [6.45, 7) is 3.52. The zero-order valence-electron chi connectivity index (χ0n) is 14.4. The number of anilines is 1. The molecule has 1 aromatic carbocycles. The smallest absolute Gasteiger partial charge is 0.231 e. The molecule has 2 N–H and O–H groups in total. The predicted molar refractivity (Wildman–Crippen MR) is 94.1 cm³/mol. The molecule has 25 heavy (non-hydrogen) atoms. The maximum absolute atomic E-state index is 12.4. The molecule has 0 saturated heterocycles. The molecule has 1 saturated carbocycles. The van der Waals surface area contributed by atoms with Gasteiger partial charge < -0.3 is 14.8 Å². The zero-order valence-corrected chi connectivity index (χ0v) is 15.3. The van der Waals surface area contributed by atoms with Crippen molar-refractivity contribution in [1.82, 2.24) is 4.72 Å². The minimum atomic E-state index is -3.27. The molecule has 7 nitrogen and oxygen atoms in total. The largest absolute Gasteiger partial charge is 0.454 e. The number of sulfonamides is 1. The molecule has 1 fully saturated rings. The topological polar surface area (TPSA) is 93.7 Å². The van der Waals surface area contributed by atoms with Gasteiger partial charge in [-0.1, -0.05) is 0 Å². The van der Waals surface area contributed by atoms with E-state index in [1.165, 1.54) is 0 Å². The van der Waals surface area contributed by atoms with Gasteiger partial charge in [0.05, 0.1) is 5.25 Å². The molecule has 1 amide bonds. The van der Waals surface area contributed by atoms with Gasteiger partial charge in [0.2, 0.25) is 22.7 Å². The Bertz CT molecular complexity index is 739. The first-order valence-corrected chi connectivity index (χ1v) is 10.1. The van der Waals surface area contributed by atoms with Crippen LogP contribution in [-0.4, -0.2) is 32.4 Å². The molecule has 0 unspecified atom stereocenters. The number of fused-ring (bicyclic) bond motifs is 1. The van der Waals surface area contributed by atoms with Crippen molar-refractivity contribution in [2.45, 2.75) is 50.8 Å². The minimum Gasteiger partial charge on any atom is -0.454 e. The average Bonchev–Trinajstić information content (AvgIpc) is 3.02. The highest BCUT2D eigenvalue weighted by Crippen LogP contribution is 2.34. The summed E-state index contributed by atoms with van der Waals surface area (Å²) in [5, 5.41) is 2.46. The van der Waals surface area contributed by atoms with Gasteiger partial charge in [-0.2, -0.15) is 0 Å². The van der Waals surface area contributed by atoms with E-state index in [0.717, 1.165) is 0 Å². The summed E-state index contributed by atoms with van der Waals surface area (Å²) in [7, 11) is -3.27. The van der Waals surface area contributed by atoms with Crippen LogP contribution in [0.1, 0.15) is 39.5 Å². The van der Waals surface area contributed by atoms with Crippen LogP contribution in [0.3, 0.4) is 0 Å². The molecular weight excluding hydrogens is 344 g/mol. The molecule has 0 spiro atoms. The number of rotatable bonds is 5. The molecule has 3 rings (SSSR count). The number of benzene rings is 1. The molecule has 1 aromatic rings. The minimum absolute atomic E-state index is 0.0379. The third kappa shape index (κ3) is 4.24. The zero-order chi connectivity index (χ0) is 18.0. The van der Waals surface area contributed by atoms with E-state index in [9.17, 15) is 13.2 Å². The number of hydrogen-bond acceptors (Lipinski definition) is 5. The van der Waals surface area contributed by atoms with Crippen LogP contribution in [0.5, 0.6) is 11.5 Å². The normalized spacial score (nSPS) is 22.8. The Morgan fingerprint density at radius 3 is 2.48 bits per heavy atom. The van der Waals surface area contributed by atoms with Gasteiger partial charge in [0.1, 0.15) is 0 Å². The Hall–Kier alpha value is -1.80. The van der Waals surface area contributed by atoms with E-state index in [0.29, 0.717) is 42.9 Å². The van der Waals surface area contributed by atoms with Gasteiger partial charge in [-0.15, -0.1) is 0 Å². The number of hydrogen-bond donors (Lipinski definition) is 2. The Morgan fingerprint density at radius 2 is 1.80 bits per heavy atom. The monoisotopic (exact) mass is 368 g/mol. The van der Waals surface area contributed by atoms with E-state index in [1.807, 2.05) is 0 Å². The molecule has 8 heteroatoms. The van der Waals surface area contributed by atoms with Crippen LogP contribution in [-0.2, 0) is 14.8 Å². The van der Waals surface area contributed by atoms with Crippen LogP contribution in [0.4, 0.5) is 5.69 Å². The van der Waals surface area contributed by atoms with Crippen LogP contribution in [0.2, 0.25) is 0 Å². The third-order valence-electron chi connectivity index (χ3n) is 4.69. The SMILES string of the molecule is CC(C)S(=O)(=O)N[C@H]1CC[C@H](C(=O)Nc2ccc3c(c2)OCO3)CC1. The lowest BCUT2D eigenvalue weighted by molar-refractivity contribution is -0.120. The van der Waals surface area contributed by atoms with Crippen molar-refractivity contribution in [1.29, 1.82) is 0 Å². The second kappa shape index (κ2) is 7.21. The average molecular weight is 368 g/mol. The molecule has 0 aromatic heterocycles. The molecule has 1 aliphatic carbocycles. The number of ether oxygens (including phenoxy) is 2. The summed E-state index contributed by atoms with van der Waals surface area (Å²) in [5.74, 6) is 1.16. The van der Waals surface area contributed by atoms with Crippen molar-refractivity contribution in [3.05, 3.63) is 18.2 Å². The van der Waals surface area contributed by atoms with Gasteiger partial charge in [0, 0.05) is 23.7 Å². The van der Waals surface area contributed by atoms with Crippen LogP contribution in [0, 0.1) is 5.92 Å². The van der Waals surface area contributed by atoms with Gasteiger partial charge in [0.15, 0.2) is 11.5 Å². The molecule has 138 valence electrons. The fourth-order valence-corrected chi connectivity index (χ4v) is 4.03. The molecular formula is C17H24N2O5S. The number of amides is 1. The summed E-state index contributed by atoms with van der Waals surface area (Å²) >= 11 is 0. The Balaban J connectivity index is 1.52. The second-order valence-electron chi connectivity index (χ2n) is 6.82. The van der Waals surface area contributed by atoms with E-state index in [-0.39, 0.29) is 24.7 Å². The van der Waals surface area contributed by atoms with E-state index in [4.69, 9.17) is 9.47 Å². The molecule has 1 heterocycles. The number of carbonyl (C=O) groups is 1. The van der Waals surface area contributed by atoms with Crippen molar-refractivity contribution in [3.8, 4) is 11.5 Å². The predicted octanol–water partition coefficient (Wildman–Crippen LogP) is 2.24. The lowest BCUT2D eigenvalue weighted by Crippen LogP contribution is -2.42. The number of nitrogens with one attached hydrogen (secondary N) is 2. The summed E-state index contributed by atoms with van der Waals surface area (Å²) in [4.78, 5) is 12.4. The highest BCUT2D eigenvalue weighted by molar-refractivity contribution is 7.90. The lowest BCUT2D eigenvalue weighted by Gasteiger charge is -2.28. The number of carbonyl (C=O) groups excluding carboxylic acids is 1. The first-order chi connectivity index (χ1) is 11.8.